The van der Waals surface area contributed by atoms with Gasteiger partial charge in [-0.05, 0) is 44.5 Å². The summed E-state index contributed by atoms with van der Waals surface area (Å²) in [5.74, 6) is 1.21. The second-order valence-corrected chi connectivity index (χ2v) is 5.18. The molecule has 0 amide bonds. The molecule has 2 rings (SSSR count). The molecule has 0 aliphatic heterocycles. The Balaban J connectivity index is 2.12. The Hall–Kier alpha value is -2.00. The predicted molar refractivity (Wildman–Crippen MR) is 85.7 cm³/mol. The molecule has 112 valence electrons. The van der Waals surface area contributed by atoms with Gasteiger partial charge in [0.2, 0.25) is 0 Å². The average molecular weight is 285 g/mol. The Morgan fingerprint density at radius 3 is 2.52 bits per heavy atom. The van der Waals surface area contributed by atoms with Gasteiger partial charge in [0.05, 0.1) is 6.61 Å². The van der Waals surface area contributed by atoms with E-state index in [-0.39, 0.29) is 12.1 Å². The van der Waals surface area contributed by atoms with E-state index >= 15 is 0 Å². The summed E-state index contributed by atoms with van der Waals surface area (Å²) in [6.45, 7) is 6.86. The lowest BCUT2D eigenvalue weighted by Crippen LogP contribution is -2.23. The molecule has 0 spiro atoms. The van der Waals surface area contributed by atoms with Gasteiger partial charge in [0, 0.05) is 17.6 Å². The fraction of sp³-hybridized carbons (Fsp3) is 0.333. The van der Waals surface area contributed by atoms with Crippen LogP contribution in [0.25, 0.3) is 0 Å². The Bertz CT molecular complexity index is 583. The highest BCUT2D eigenvalue weighted by molar-refractivity contribution is 5.36. The quantitative estimate of drug-likeness (QED) is 0.835. The smallest absolute Gasteiger partial charge is 0.124 e. The summed E-state index contributed by atoms with van der Waals surface area (Å²) in [5.41, 5.74) is 2.21. The van der Waals surface area contributed by atoms with Crippen molar-refractivity contribution in [3.8, 4) is 11.5 Å². The van der Waals surface area contributed by atoms with Crippen molar-refractivity contribution in [3.63, 3.8) is 0 Å². The summed E-state index contributed by atoms with van der Waals surface area (Å²) in [6.07, 6.45) is 0. The Kier molecular flexibility index (Phi) is 5.23. The second kappa shape index (κ2) is 7.14. The van der Waals surface area contributed by atoms with Gasteiger partial charge in [-0.1, -0.05) is 30.3 Å². The van der Waals surface area contributed by atoms with Gasteiger partial charge in [0.25, 0.3) is 0 Å². The van der Waals surface area contributed by atoms with Crippen LogP contribution in [0.5, 0.6) is 11.5 Å². The number of hydrogen-bond donors (Lipinski definition) is 2. The van der Waals surface area contributed by atoms with E-state index in [1.54, 1.807) is 12.1 Å². The number of para-hydroxylation sites is 1. The molecular formula is C18H23NO2. The van der Waals surface area contributed by atoms with Gasteiger partial charge in [-0.2, -0.15) is 0 Å². The van der Waals surface area contributed by atoms with E-state index in [1.807, 2.05) is 37.3 Å². The molecule has 0 heterocycles. The number of phenolic OH excluding ortho intramolecular Hbond substituents is 1. The third kappa shape index (κ3) is 3.99. The van der Waals surface area contributed by atoms with Gasteiger partial charge in [0.15, 0.2) is 0 Å². The highest BCUT2D eigenvalue weighted by Gasteiger charge is 2.14. The van der Waals surface area contributed by atoms with Crippen molar-refractivity contribution in [2.24, 2.45) is 0 Å². The van der Waals surface area contributed by atoms with Crippen LogP contribution in [-0.2, 0) is 0 Å². The molecule has 0 aliphatic rings. The maximum Gasteiger partial charge on any atom is 0.124 e. The van der Waals surface area contributed by atoms with Crippen molar-refractivity contribution in [3.05, 3.63) is 59.7 Å². The lowest BCUT2D eigenvalue weighted by molar-refractivity contribution is 0.331. The largest absolute Gasteiger partial charge is 0.508 e. The lowest BCUT2D eigenvalue weighted by Gasteiger charge is -2.22. The zero-order valence-corrected chi connectivity index (χ0v) is 12.8. The first kappa shape index (κ1) is 15.4. The molecule has 2 aromatic rings. The SMILES string of the molecule is CCOc1ccccc1C(C)NC(C)c1cccc(O)c1. The summed E-state index contributed by atoms with van der Waals surface area (Å²) < 4.78 is 5.68. The molecule has 0 saturated carbocycles. The third-order valence-corrected chi connectivity index (χ3v) is 3.56. The molecule has 3 nitrogen and oxygen atoms in total. The van der Waals surface area contributed by atoms with E-state index in [9.17, 15) is 5.11 Å². The molecule has 2 N–H and O–H groups in total. The van der Waals surface area contributed by atoms with Crippen molar-refractivity contribution in [1.82, 2.24) is 5.32 Å². The first-order valence-electron chi connectivity index (χ1n) is 7.38. The lowest BCUT2D eigenvalue weighted by atomic mass is 10.0. The average Bonchev–Trinajstić information content (AvgIpc) is 2.48. The van der Waals surface area contributed by atoms with Gasteiger partial charge < -0.3 is 15.2 Å². The van der Waals surface area contributed by atoms with Crippen molar-refractivity contribution < 1.29 is 9.84 Å². The number of rotatable bonds is 6. The summed E-state index contributed by atoms with van der Waals surface area (Å²) in [5, 5.41) is 13.1. The standard InChI is InChI=1S/C18H23NO2/c1-4-21-18-11-6-5-10-17(18)14(3)19-13(2)15-8-7-9-16(20)12-15/h5-14,19-20H,4H2,1-3H3. The molecule has 21 heavy (non-hydrogen) atoms. The molecule has 2 unspecified atom stereocenters. The van der Waals surface area contributed by atoms with Crippen molar-refractivity contribution in [1.29, 1.82) is 0 Å². The molecule has 3 heteroatoms. The number of benzene rings is 2. The van der Waals surface area contributed by atoms with Crippen LogP contribution in [0.2, 0.25) is 0 Å². The Morgan fingerprint density at radius 1 is 1.05 bits per heavy atom. The van der Waals surface area contributed by atoms with Crippen molar-refractivity contribution in [2.75, 3.05) is 6.61 Å². The van der Waals surface area contributed by atoms with Crippen LogP contribution in [0, 0.1) is 0 Å². The van der Waals surface area contributed by atoms with Gasteiger partial charge >= 0.3 is 0 Å². The Morgan fingerprint density at radius 2 is 1.81 bits per heavy atom. The van der Waals surface area contributed by atoms with E-state index in [0.29, 0.717) is 12.4 Å². The molecule has 0 bridgehead atoms. The minimum Gasteiger partial charge on any atom is -0.508 e. The highest BCUT2D eigenvalue weighted by Crippen LogP contribution is 2.27. The van der Waals surface area contributed by atoms with Crippen LogP contribution in [-0.4, -0.2) is 11.7 Å². The van der Waals surface area contributed by atoms with Gasteiger partial charge in [-0.15, -0.1) is 0 Å². The topological polar surface area (TPSA) is 41.5 Å². The van der Waals surface area contributed by atoms with Crippen LogP contribution in [0.3, 0.4) is 0 Å². The molecular weight excluding hydrogens is 262 g/mol. The first-order valence-corrected chi connectivity index (χ1v) is 7.38. The van der Waals surface area contributed by atoms with Crippen LogP contribution in [0.4, 0.5) is 0 Å². The van der Waals surface area contributed by atoms with Crippen LogP contribution < -0.4 is 10.1 Å². The number of aromatic hydroxyl groups is 1. The molecule has 0 aromatic heterocycles. The maximum atomic E-state index is 9.58. The fourth-order valence-electron chi connectivity index (χ4n) is 2.48. The number of nitrogens with one attached hydrogen (secondary N) is 1. The van der Waals surface area contributed by atoms with Crippen molar-refractivity contribution >= 4 is 0 Å². The summed E-state index contributed by atoms with van der Waals surface area (Å²) in [6, 6.07) is 15.7. The number of phenols is 1. The van der Waals surface area contributed by atoms with Crippen LogP contribution >= 0.6 is 0 Å². The molecule has 0 fully saturated rings. The van der Waals surface area contributed by atoms with Crippen molar-refractivity contribution in [2.45, 2.75) is 32.9 Å². The molecule has 2 aromatic carbocycles. The van der Waals surface area contributed by atoms with Crippen LogP contribution in [0.15, 0.2) is 48.5 Å². The monoisotopic (exact) mass is 285 g/mol. The van der Waals surface area contributed by atoms with E-state index in [4.69, 9.17) is 4.74 Å². The Labute approximate surface area is 126 Å². The van der Waals surface area contributed by atoms with E-state index in [2.05, 4.69) is 25.2 Å². The second-order valence-electron chi connectivity index (χ2n) is 5.18. The maximum absolute atomic E-state index is 9.58. The minimum absolute atomic E-state index is 0.141. The molecule has 0 aliphatic carbocycles. The highest BCUT2D eigenvalue weighted by atomic mass is 16.5. The zero-order chi connectivity index (χ0) is 15.2. The minimum atomic E-state index is 0.141. The van der Waals surface area contributed by atoms with E-state index in [0.717, 1.165) is 16.9 Å². The summed E-state index contributed by atoms with van der Waals surface area (Å²) >= 11 is 0. The number of hydrogen-bond acceptors (Lipinski definition) is 3. The van der Waals surface area contributed by atoms with Gasteiger partial charge in [-0.3, -0.25) is 0 Å². The summed E-state index contributed by atoms with van der Waals surface area (Å²) in [4.78, 5) is 0. The fourth-order valence-corrected chi connectivity index (χ4v) is 2.48. The van der Waals surface area contributed by atoms with E-state index < -0.39 is 0 Å². The predicted octanol–water partition coefficient (Wildman–Crippen LogP) is 4.20. The summed E-state index contributed by atoms with van der Waals surface area (Å²) in [7, 11) is 0. The molecule has 2 atom stereocenters. The molecule has 0 saturated heterocycles. The third-order valence-electron chi connectivity index (χ3n) is 3.56. The van der Waals surface area contributed by atoms with E-state index in [1.165, 1.54) is 0 Å². The number of ether oxygens (including phenoxy) is 1. The zero-order valence-electron chi connectivity index (χ0n) is 12.8. The van der Waals surface area contributed by atoms with Gasteiger partial charge in [-0.25, -0.2) is 0 Å². The normalized spacial score (nSPS) is 13.7. The van der Waals surface area contributed by atoms with Gasteiger partial charge in [0.1, 0.15) is 11.5 Å². The first-order chi connectivity index (χ1) is 10.1. The van der Waals surface area contributed by atoms with Crippen LogP contribution in [0.1, 0.15) is 44.0 Å². The molecule has 0 radical (unpaired) electrons.